The number of rotatable bonds is 10. The van der Waals surface area contributed by atoms with Crippen LogP contribution in [0, 0.1) is 0 Å². The molecule has 0 aliphatic heterocycles. The molecule has 2 aromatic carbocycles. The van der Waals surface area contributed by atoms with Crippen molar-refractivity contribution in [2.24, 2.45) is 0 Å². The Labute approximate surface area is 163 Å². The highest BCUT2D eigenvalue weighted by atomic mass is 16.5. The molecule has 2 N–H and O–H groups in total. The Bertz CT molecular complexity index is 788. The Kier molecular flexibility index (Phi) is 8.02. The first-order valence-electron chi connectivity index (χ1n) is 8.82. The van der Waals surface area contributed by atoms with Crippen LogP contribution >= 0.6 is 0 Å². The molecular weight excluding hydrogens is 362 g/mol. The number of amides is 1. The van der Waals surface area contributed by atoms with E-state index in [0.717, 1.165) is 5.56 Å². The van der Waals surface area contributed by atoms with Crippen LogP contribution in [0.5, 0.6) is 5.75 Å². The van der Waals surface area contributed by atoms with Gasteiger partial charge in [-0.15, -0.1) is 0 Å². The molecule has 28 heavy (non-hydrogen) atoms. The van der Waals surface area contributed by atoms with Crippen molar-refractivity contribution >= 4 is 17.8 Å². The van der Waals surface area contributed by atoms with E-state index in [4.69, 9.17) is 9.84 Å². The highest BCUT2D eigenvalue weighted by Crippen LogP contribution is 2.22. The number of methoxy groups -OCH3 is 1. The molecule has 0 spiro atoms. The largest absolute Gasteiger partial charge is 0.489 e. The van der Waals surface area contributed by atoms with Gasteiger partial charge in [-0.2, -0.15) is 0 Å². The van der Waals surface area contributed by atoms with Gasteiger partial charge in [-0.3, -0.25) is 14.4 Å². The average molecular weight is 385 g/mol. The second-order valence-electron chi connectivity index (χ2n) is 6.14. The fraction of sp³-hybridized carbons (Fsp3) is 0.286. The van der Waals surface area contributed by atoms with E-state index in [1.54, 1.807) is 24.3 Å². The number of hydrogen-bond donors (Lipinski definition) is 2. The Hall–Kier alpha value is -3.35. The number of benzene rings is 2. The zero-order valence-corrected chi connectivity index (χ0v) is 15.6. The van der Waals surface area contributed by atoms with E-state index < -0.39 is 23.9 Å². The summed E-state index contributed by atoms with van der Waals surface area (Å²) in [6.45, 7) is 0.428. The quantitative estimate of drug-likeness (QED) is 0.610. The molecule has 1 unspecified atom stereocenters. The van der Waals surface area contributed by atoms with Crippen molar-refractivity contribution in [2.75, 3.05) is 7.11 Å². The van der Waals surface area contributed by atoms with Gasteiger partial charge in [0.15, 0.2) is 0 Å². The van der Waals surface area contributed by atoms with Gasteiger partial charge >= 0.3 is 11.9 Å². The summed E-state index contributed by atoms with van der Waals surface area (Å²) in [5.41, 5.74) is 1.74. The number of carboxylic acid groups (broad SMARTS) is 1. The second-order valence-corrected chi connectivity index (χ2v) is 6.14. The highest BCUT2D eigenvalue weighted by molar-refractivity contribution is 5.81. The highest BCUT2D eigenvalue weighted by Gasteiger charge is 2.19. The predicted octanol–water partition coefficient (Wildman–Crippen LogP) is 2.85. The zero-order chi connectivity index (χ0) is 20.4. The molecular formula is C21H23NO6. The first-order valence-corrected chi connectivity index (χ1v) is 8.82. The lowest BCUT2D eigenvalue weighted by atomic mass is 10.0. The fourth-order valence-electron chi connectivity index (χ4n) is 2.53. The Balaban J connectivity index is 2.01. The summed E-state index contributed by atoms with van der Waals surface area (Å²) in [4.78, 5) is 34.3. The van der Waals surface area contributed by atoms with Crippen LogP contribution in [0.4, 0.5) is 0 Å². The molecule has 0 aromatic heterocycles. The summed E-state index contributed by atoms with van der Waals surface area (Å²) in [5, 5.41) is 11.4. The van der Waals surface area contributed by atoms with Gasteiger partial charge < -0.3 is 19.9 Å². The van der Waals surface area contributed by atoms with Gasteiger partial charge in [0, 0.05) is 6.42 Å². The van der Waals surface area contributed by atoms with E-state index in [1.807, 2.05) is 30.3 Å². The maximum Gasteiger partial charge on any atom is 0.307 e. The SMILES string of the molecule is COC(=O)CC(NC(=O)CCC(=O)O)c1ccc(OCc2ccccc2)cc1. The third-order valence-electron chi connectivity index (χ3n) is 4.03. The molecule has 0 aliphatic rings. The van der Waals surface area contributed by atoms with E-state index in [2.05, 4.69) is 10.1 Å². The summed E-state index contributed by atoms with van der Waals surface area (Å²) >= 11 is 0. The Morgan fingerprint density at radius 1 is 1.00 bits per heavy atom. The van der Waals surface area contributed by atoms with Crippen molar-refractivity contribution in [3.8, 4) is 5.75 Å². The van der Waals surface area contributed by atoms with E-state index in [-0.39, 0.29) is 19.3 Å². The molecule has 0 radical (unpaired) electrons. The summed E-state index contributed by atoms with van der Waals surface area (Å²) in [6.07, 6.45) is -0.492. The van der Waals surface area contributed by atoms with Gasteiger partial charge in [-0.1, -0.05) is 42.5 Å². The number of carbonyl (C=O) groups is 3. The van der Waals surface area contributed by atoms with Crippen molar-refractivity contribution in [1.82, 2.24) is 5.32 Å². The molecule has 0 saturated carbocycles. The molecule has 7 nitrogen and oxygen atoms in total. The number of carbonyl (C=O) groups excluding carboxylic acids is 2. The van der Waals surface area contributed by atoms with Crippen LogP contribution in [0.2, 0.25) is 0 Å². The van der Waals surface area contributed by atoms with Crippen molar-refractivity contribution in [3.05, 3.63) is 65.7 Å². The number of aliphatic carboxylic acids is 1. The first-order chi connectivity index (χ1) is 13.5. The first kappa shape index (κ1) is 21.0. The lowest BCUT2D eigenvalue weighted by molar-refractivity contribution is -0.142. The molecule has 0 saturated heterocycles. The minimum atomic E-state index is -1.06. The van der Waals surface area contributed by atoms with Crippen LogP contribution in [-0.4, -0.2) is 30.1 Å². The third-order valence-corrected chi connectivity index (χ3v) is 4.03. The number of ether oxygens (including phenoxy) is 2. The van der Waals surface area contributed by atoms with Gasteiger partial charge in [-0.25, -0.2) is 0 Å². The molecule has 0 heterocycles. The van der Waals surface area contributed by atoms with Gasteiger partial charge in [-0.05, 0) is 23.3 Å². The smallest absolute Gasteiger partial charge is 0.307 e. The molecule has 0 fully saturated rings. The zero-order valence-electron chi connectivity index (χ0n) is 15.6. The van der Waals surface area contributed by atoms with Crippen LogP contribution in [-0.2, 0) is 25.7 Å². The van der Waals surface area contributed by atoms with Crippen LogP contribution < -0.4 is 10.1 Å². The normalized spacial score (nSPS) is 11.3. The lowest BCUT2D eigenvalue weighted by Crippen LogP contribution is -2.30. The van der Waals surface area contributed by atoms with E-state index in [1.165, 1.54) is 7.11 Å². The average Bonchev–Trinajstić information content (AvgIpc) is 2.71. The monoisotopic (exact) mass is 385 g/mol. The summed E-state index contributed by atoms with van der Waals surface area (Å²) in [7, 11) is 1.27. The number of hydrogen-bond acceptors (Lipinski definition) is 5. The molecule has 148 valence electrons. The van der Waals surface area contributed by atoms with Crippen molar-refractivity contribution < 1.29 is 29.0 Å². The second kappa shape index (κ2) is 10.7. The topological polar surface area (TPSA) is 102 Å². The van der Waals surface area contributed by atoms with Gasteiger partial charge in [0.1, 0.15) is 12.4 Å². The maximum atomic E-state index is 12.0. The summed E-state index contributed by atoms with van der Waals surface area (Å²) in [5.74, 6) is -1.32. The Morgan fingerprint density at radius 2 is 1.68 bits per heavy atom. The maximum absolute atomic E-state index is 12.0. The number of esters is 1. The fourth-order valence-corrected chi connectivity index (χ4v) is 2.53. The number of carboxylic acids is 1. The van der Waals surface area contributed by atoms with E-state index in [9.17, 15) is 14.4 Å². The van der Waals surface area contributed by atoms with Crippen LogP contribution in [0.3, 0.4) is 0 Å². The van der Waals surface area contributed by atoms with Crippen molar-refractivity contribution in [1.29, 1.82) is 0 Å². The van der Waals surface area contributed by atoms with Gasteiger partial charge in [0.2, 0.25) is 5.91 Å². The summed E-state index contributed by atoms with van der Waals surface area (Å²) in [6, 6.07) is 16.1. The minimum Gasteiger partial charge on any atom is -0.489 e. The summed E-state index contributed by atoms with van der Waals surface area (Å²) < 4.78 is 10.4. The molecule has 0 aliphatic carbocycles. The molecule has 1 atom stereocenters. The van der Waals surface area contributed by atoms with Gasteiger partial charge in [0.05, 0.1) is 26.0 Å². The van der Waals surface area contributed by atoms with Crippen molar-refractivity contribution in [3.63, 3.8) is 0 Å². The van der Waals surface area contributed by atoms with Crippen molar-refractivity contribution in [2.45, 2.75) is 31.9 Å². The van der Waals surface area contributed by atoms with Crippen LogP contribution in [0.15, 0.2) is 54.6 Å². The minimum absolute atomic E-state index is 0.0560. The Morgan fingerprint density at radius 3 is 2.29 bits per heavy atom. The molecule has 2 rings (SSSR count). The van der Waals surface area contributed by atoms with Crippen LogP contribution in [0.25, 0.3) is 0 Å². The lowest BCUT2D eigenvalue weighted by Gasteiger charge is -2.18. The van der Waals surface area contributed by atoms with E-state index in [0.29, 0.717) is 17.9 Å². The third kappa shape index (κ3) is 7.11. The predicted molar refractivity (Wildman–Crippen MR) is 102 cm³/mol. The number of nitrogens with one attached hydrogen (secondary N) is 1. The van der Waals surface area contributed by atoms with E-state index >= 15 is 0 Å². The molecule has 2 aromatic rings. The molecule has 1 amide bonds. The molecule has 0 bridgehead atoms. The van der Waals surface area contributed by atoms with Gasteiger partial charge in [0.25, 0.3) is 0 Å². The van der Waals surface area contributed by atoms with Crippen LogP contribution in [0.1, 0.15) is 36.4 Å². The standard InChI is InChI=1S/C21H23NO6/c1-27-21(26)13-18(22-19(23)11-12-20(24)25)16-7-9-17(10-8-16)28-14-15-5-3-2-4-6-15/h2-10,18H,11-14H2,1H3,(H,22,23)(H,24,25). The molecule has 7 heteroatoms.